The molecule has 0 saturated carbocycles. The summed E-state index contributed by atoms with van der Waals surface area (Å²) in [5.41, 5.74) is -20.0. The lowest BCUT2D eigenvalue weighted by Gasteiger charge is -2.29. The van der Waals surface area contributed by atoms with Gasteiger partial charge >= 0.3 is 30.6 Å². The molecule has 0 aliphatic carbocycles. The Bertz CT molecular complexity index is 8340. The number of nitro groups is 1. The molecule has 2 amide bonds. The summed E-state index contributed by atoms with van der Waals surface area (Å²) in [6, 6.07) is 29.3. The number of nitrogen functional groups attached to an aromatic ring is 1. The maximum atomic E-state index is 13.4. The quantitative estimate of drug-likeness (QED) is 0.0153. The fourth-order valence-corrected chi connectivity index (χ4v) is 14.2. The third kappa shape index (κ3) is 31.4. The number of phenols is 1. The highest BCUT2D eigenvalue weighted by Crippen LogP contribution is 2.50. The summed E-state index contributed by atoms with van der Waals surface area (Å²) < 4.78 is 396. The van der Waals surface area contributed by atoms with E-state index >= 15 is 0 Å². The van der Waals surface area contributed by atoms with Gasteiger partial charge in [-0.25, -0.2) is 24.0 Å². The predicted octanol–water partition coefficient (Wildman–Crippen LogP) is 25.7. The number of aromatic hydroxyl groups is 1. The van der Waals surface area contributed by atoms with Gasteiger partial charge in [0.25, 0.3) is 17.5 Å². The number of aromatic amines is 3. The largest absolute Gasteiger partial charge is 0.513 e. The Balaban J connectivity index is 0.000000394. The molecule has 10 N–H and O–H groups in total. The van der Waals surface area contributed by atoms with E-state index in [1.54, 1.807) is 150 Å². The minimum Gasteiger partial charge on any atom is -0.508 e. The molecule has 141 heavy (non-hydrogen) atoms. The van der Waals surface area contributed by atoms with E-state index in [2.05, 4.69) is 76.4 Å². The van der Waals surface area contributed by atoms with E-state index in [0.717, 1.165) is 84.1 Å². The van der Waals surface area contributed by atoms with E-state index in [1.807, 2.05) is 0 Å². The molecule has 0 unspecified atom stereocenters. The lowest BCUT2D eigenvalue weighted by molar-refractivity contribution is -0.386. The number of para-hydroxylation sites is 3. The van der Waals surface area contributed by atoms with Gasteiger partial charge in [-0.05, 0) is 181 Å². The number of halogens is 2. The molecule has 32 heteroatoms. The van der Waals surface area contributed by atoms with E-state index in [1.165, 1.54) is 51.5 Å². The first-order valence-electron chi connectivity index (χ1n) is 63.9. The second-order valence-corrected chi connectivity index (χ2v) is 37.6. The molecule has 0 aliphatic rings. The van der Waals surface area contributed by atoms with Gasteiger partial charge in [-0.2, -0.15) is 0 Å². The first-order chi connectivity index (χ1) is 83.4. The summed E-state index contributed by atoms with van der Waals surface area (Å²) >= 11 is 6.06. The number of aromatic nitrogens is 3. The van der Waals surface area contributed by atoms with Gasteiger partial charge in [0, 0.05) is 183 Å². The summed E-state index contributed by atoms with van der Waals surface area (Å²) in [5, 5.41) is 44.4. The van der Waals surface area contributed by atoms with Gasteiger partial charge < -0.3 is 84.5 Å². The molecule has 3 heterocycles. The van der Waals surface area contributed by atoms with Crippen molar-refractivity contribution in [1.29, 1.82) is 0 Å². The van der Waals surface area contributed by atoms with Gasteiger partial charge in [0.1, 0.15) is 38.4 Å². The first kappa shape index (κ1) is 65.7. The molecular formula is C109H139Br2N7O23. The van der Waals surface area contributed by atoms with Crippen molar-refractivity contribution in [2.75, 3.05) is 51.9 Å². The van der Waals surface area contributed by atoms with Gasteiger partial charge in [0.05, 0.1) is 37.8 Å². The number of nitrogens with one attached hydrogen (secondary N) is 5. The topological polar surface area (TPSA) is 446 Å². The third-order valence-corrected chi connectivity index (χ3v) is 21.3. The zero-order chi connectivity index (χ0) is 145. The van der Waals surface area contributed by atoms with Crippen LogP contribution in [0.1, 0.15) is 355 Å². The Labute approximate surface area is 905 Å². The van der Waals surface area contributed by atoms with Crippen molar-refractivity contribution in [3.63, 3.8) is 0 Å². The summed E-state index contributed by atoms with van der Waals surface area (Å²) in [6.07, 6.45) is -1.77. The smallest absolute Gasteiger partial charge is 0.508 e. The summed E-state index contributed by atoms with van der Waals surface area (Å²) in [7, 11) is 4.81. The number of fused-ring (bicyclic) bond motifs is 3. The van der Waals surface area contributed by atoms with Crippen molar-refractivity contribution in [2.24, 2.45) is 0 Å². The number of nitro benzene ring substituents is 1. The van der Waals surface area contributed by atoms with Crippen LogP contribution in [0.2, 0.25) is 0 Å². The average molecular weight is 2120 g/mol. The number of hydrogen-bond donors (Lipinski definition) is 9. The van der Waals surface area contributed by atoms with Crippen LogP contribution >= 0.6 is 31.9 Å². The molecule has 0 atom stereocenters. The SMILES string of the molecule is CO.O=C(O)c1c[nH]c2ccccc2c1=O.[2H]C([2H])([2H])C(c1cc(C(C)(C)C)c(N)cc1OC(=O)OC)(C([2H])([2H])[2H])C([2H])([2H])[2H].[2H]C([2H])([2H])C(c1cc(C(C)(C)C)c(NC(=O)c2c[nH]c3ccccc3c2=O)cc1O)(C([2H])([2H])[2H])C([2H])([2H])[2H].[2H]C([2H])([2H])C(c1cc(C(C)(C)C)c(NC(=O)c2c[nH]c3ccccc3c2=O)cc1OC(=O)OC)(C([2H])([2H])[2H])C([2H])([2H])[2H].[2H]C([2H])([2H])C(c1cc(C(C)(C)C)c([N+](=O)[O-])c(Br)c1OC(=O)OC)(C([2H])([2H])[2H])C([2H])([2H])[2H].[2H]C([2H])([2H])C(c1cc(C(C)(C)C)cc(Br)c1OC(=O)OC)(C([2H])([2H])[2H])C([2H])([2H])[2H]. The van der Waals surface area contributed by atoms with Gasteiger partial charge in [-0.1, -0.05) is 249 Å². The number of nitrogens with zero attached hydrogens (tertiary/aromatic N) is 1. The number of aliphatic hydroxyl groups excluding tert-OH is 1. The highest BCUT2D eigenvalue weighted by molar-refractivity contribution is 9.11. The molecule has 11 rings (SSSR count). The fraction of sp³-hybridized carbons (Fsp3) is 0.413. The number of aromatic carboxylic acids is 1. The molecule has 8 aromatic carbocycles. The number of pyridine rings is 3. The second kappa shape index (κ2) is 46.9. The molecule has 0 spiro atoms. The number of carboxylic acids is 1. The van der Waals surface area contributed by atoms with E-state index in [9.17, 15) is 63.2 Å². The molecular weight excluding hydrogens is 1940 g/mol. The zero-order valence-corrected chi connectivity index (χ0v) is 83.3. The number of anilines is 3. The number of aliphatic hydroxyl groups is 1. The molecule has 0 aliphatic heterocycles. The van der Waals surface area contributed by atoms with Crippen LogP contribution in [0.25, 0.3) is 32.7 Å². The van der Waals surface area contributed by atoms with Crippen molar-refractivity contribution < 1.29 is 153 Å². The van der Waals surface area contributed by atoms with Gasteiger partial charge in [-0.15, -0.1) is 0 Å². The van der Waals surface area contributed by atoms with E-state index < -0.39 is 287 Å². The van der Waals surface area contributed by atoms with Crippen LogP contribution in [0, 0.1) is 10.1 Å². The van der Waals surface area contributed by atoms with Crippen molar-refractivity contribution in [1.82, 2.24) is 15.0 Å². The van der Waals surface area contributed by atoms with Crippen molar-refractivity contribution >= 4 is 130 Å². The first-order valence-corrected chi connectivity index (χ1v) is 43.0. The molecule has 0 fully saturated rings. The number of carbonyl (C=O) groups is 7. The van der Waals surface area contributed by atoms with Crippen LogP contribution in [-0.4, -0.2) is 113 Å². The number of rotatable bonds is 10. The second-order valence-electron chi connectivity index (χ2n) is 36.0. The number of nitrogens with two attached hydrogens (primary N) is 1. The Morgan fingerprint density at radius 2 is 0.702 bits per heavy atom. The van der Waals surface area contributed by atoms with Crippen LogP contribution in [0.15, 0.2) is 169 Å². The summed E-state index contributed by atoms with van der Waals surface area (Å²) in [6.45, 7) is -28.9. The van der Waals surface area contributed by atoms with Crippen LogP contribution in [-0.2, 0) is 73.1 Å². The van der Waals surface area contributed by atoms with E-state index in [-0.39, 0.29) is 65.7 Å². The number of ether oxygens (including phenoxy) is 8. The zero-order valence-electron chi connectivity index (χ0n) is 125. The van der Waals surface area contributed by atoms with Crippen LogP contribution in [0.5, 0.6) is 28.7 Å². The number of phenolic OH excluding ortho intramolecular Hbond substituents is 1. The van der Waals surface area contributed by atoms with Crippen molar-refractivity contribution in [2.45, 2.75) is 261 Å². The number of amides is 2. The molecule has 3 aromatic heterocycles. The maximum absolute atomic E-state index is 13.4. The van der Waals surface area contributed by atoms with Crippen LogP contribution in [0.3, 0.4) is 0 Å². The Morgan fingerprint density at radius 1 is 0.390 bits per heavy atom. The number of methoxy groups -OCH3 is 4. The van der Waals surface area contributed by atoms with Gasteiger partial charge in [0.2, 0.25) is 16.3 Å². The number of benzene rings is 8. The van der Waals surface area contributed by atoms with E-state index in [4.69, 9.17) is 96.6 Å². The molecule has 762 valence electrons. The Morgan fingerprint density at radius 3 is 1.06 bits per heavy atom. The normalized spacial score (nSPS) is 17.8. The van der Waals surface area contributed by atoms with Crippen LogP contribution < -0.4 is 51.6 Å². The fourth-order valence-electron chi connectivity index (χ4n) is 13.0. The lowest BCUT2D eigenvalue weighted by Crippen LogP contribution is -2.25. The molecule has 0 saturated heterocycles. The maximum Gasteiger partial charge on any atom is 0.513 e. The summed E-state index contributed by atoms with van der Waals surface area (Å²) in [4.78, 5) is 142. The number of carbonyl (C=O) groups excluding carboxylic acids is 6. The highest BCUT2D eigenvalue weighted by Gasteiger charge is 2.38. The molecule has 11 aromatic rings. The van der Waals surface area contributed by atoms with E-state index in [0.29, 0.717) is 33.1 Å². The third-order valence-electron chi connectivity index (χ3n) is 20.0. The van der Waals surface area contributed by atoms with Crippen molar-refractivity contribution in [3.8, 4) is 28.7 Å². The number of hydrogen-bond acceptors (Lipinski definition) is 23. The molecule has 30 nitrogen and oxygen atoms in total. The minimum atomic E-state index is -3.69. The minimum absolute atomic E-state index is 0.0208. The predicted molar refractivity (Wildman–Crippen MR) is 564 cm³/mol. The Hall–Kier alpha value is -13.2. The van der Waals surface area contributed by atoms with Gasteiger partial charge in [-0.3, -0.25) is 34.1 Å². The molecule has 0 radical (unpaired) electrons. The number of H-pyrrole nitrogens is 3. The molecule has 0 bridgehead atoms. The Kier molecular flexibility index (Phi) is 21.9. The monoisotopic (exact) mass is 2120 g/mol. The van der Waals surface area contributed by atoms with Crippen molar-refractivity contribution in [3.05, 3.63) is 268 Å². The summed E-state index contributed by atoms with van der Waals surface area (Å²) in [5.74, 6) is -6.75. The average Bonchev–Trinajstić information content (AvgIpc) is 0.714. The van der Waals surface area contributed by atoms with Crippen LogP contribution in [0.4, 0.5) is 41.9 Å². The lowest BCUT2D eigenvalue weighted by atomic mass is 9.79. The number of carboxylic acid groups (broad SMARTS) is 1. The highest BCUT2D eigenvalue weighted by atomic mass is 79.9. The standard InChI is InChI=1S/C26H30N2O5.C24H28N2O3.C16H22BrNO5.C16H23BrO3.C16H25NO3.C10H7NO3.CH4O/c1-25(2,3)17-12-18(26(4,5)6)21(33-24(31)32-7)13-20(17)28-23(30)16-14-27-19-11-9-8-10-15(19)22(16)29;1-23(2,3)16-11-17(24(4,5)6)20(27)12-19(16)26-22(29)15-13-25-18-10-8-7-9-14(18)21(15)28;1-15(2,3)9-8-10(16(4,5)6)13(23-14(19)22-7)11(17)12(9)18(20)21;1-15(2,3)10-8-11(16(4,5)6)13(12(17)9-10)20-14(18)19-7;1-15(2,3)10-8-11(16(4,5)6)13(9-12(10)17)20-14(18)19-7;12-9-6-3-1-2-4-8(6)11-5-7(9)10(13)14;1-2/h8-14H,1-7H3,(H,27,29)(H,28,30);7-13,27H,1-6H3,(H,25,28)(H,26,29);8H,1-7H3;8-9H,1-7H3;8-9H,17H2,1-7H3;1-5H,(H,11,12)(H,13,14);2H,1H3/i5*4D3,5D3,6D3;;. The van der Waals surface area contributed by atoms with Gasteiger partial charge in [0.15, 0.2) is 11.5 Å².